The fraction of sp³-hybridized carbons (Fsp3) is 0.455. The summed E-state index contributed by atoms with van der Waals surface area (Å²) in [7, 11) is 0. The summed E-state index contributed by atoms with van der Waals surface area (Å²) in [5, 5.41) is 4.24. The summed E-state index contributed by atoms with van der Waals surface area (Å²) in [4.78, 5) is 0. The molecule has 2 rings (SSSR count). The topological polar surface area (TPSA) is 38.0 Å². The van der Waals surface area contributed by atoms with E-state index in [-0.39, 0.29) is 6.04 Å². The van der Waals surface area contributed by atoms with E-state index in [9.17, 15) is 0 Å². The van der Waals surface area contributed by atoms with Crippen LogP contribution in [0.15, 0.2) is 18.2 Å². The Hall–Kier alpha value is -0.730. The Balaban J connectivity index is 2.14. The minimum Gasteiger partial charge on any atom is -0.380 e. The van der Waals surface area contributed by atoms with Crippen LogP contribution >= 0.6 is 11.6 Å². The van der Waals surface area contributed by atoms with E-state index in [1.165, 1.54) is 5.56 Å². The molecule has 0 saturated carbocycles. The summed E-state index contributed by atoms with van der Waals surface area (Å²) < 4.78 is 0. The molecule has 0 spiro atoms. The molecule has 0 aliphatic carbocycles. The Morgan fingerprint density at radius 1 is 1.64 bits per heavy atom. The van der Waals surface area contributed by atoms with Crippen LogP contribution in [0.25, 0.3) is 0 Å². The van der Waals surface area contributed by atoms with Gasteiger partial charge >= 0.3 is 0 Å². The summed E-state index contributed by atoms with van der Waals surface area (Å²) in [6.45, 7) is 2.03. The molecule has 0 aromatic heterocycles. The maximum Gasteiger partial charge on any atom is 0.0640 e. The molecule has 1 heterocycles. The zero-order valence-electron chi connectivity index (χ0n) is 8.26. The highest BCUT2D eigenvalue weighted by Gasteiger charge is 2.22. The maximum absolute atomic E-state index is 6.08. The second kappa shape index (κ2) is 3.79. The zero-order chi connectivity index (χ0) is 10.1. The Morgan fingerprint density at radius 3 is 3.07 bits per heavy atom. The van der Waals surface area contributed by atoms with Crippen LogP contribution < -0.4 is 11.1 Å². The molecular formula is C11H15ClN2. The minimum atomic E-state index is 0.237. The van der Waals surface area contributed by atoms with Crippen molar-refractivity contribution < 1.29 is 0 Å². The van der Waals surface area contributed by atoms with Crippen molar-refractivity contribution in [3.8, 4) is 0 Å². The average molecular weight is 211 g/mol. The van der Waals surface area contributed by atoms with Gasteiger partial charge in [-0.1, -0.05) is 23.7 Å². The van der Waals surface area contributed by atoms with E-state index >= 15 is 0 Å². The van der Waals surface area contributed by atoms with Crippen molar-refractivity contribution in [2.75, 3.05) is 5.32 Å². The second-order valence-corrected chi connectivity index (χ2v) is 4.44. The van der Waals surface area contributed by atoms with Gasteiger partial charge in [-0.15, -0.1) is 0 Å². The van der Waals surface area contributed by atoms with Crippen molar-refractivity contribution in [3.63, 3.8) is 0 Å². The van der Waals surface area contributed by atoms with Gasteiger partial charge < -0.3 is 11.1 Å². The van der Waals surface area contributed by atoms with Crippen molar-refractivity contribution in [2.45, 2.75) is 31.8 Å². The fourth-order valence-corrected chi connectivity index (χ4v) is 2.26. The molecule has 0 fully saturated rings. The number of halogens is 1. The first-order valence-corrected chi connectivity index (χ1v) is 5.34. The predicted octanol–water partition coefficient (Wildman–Crippen LogP) is 2.41. The SMILES string of the molecule is CC(N)CC1Cc2cccc(Cl)c2N1. The Kier molecular flexibility index (Phi) is 2.66. The summed E-state index contributed by atoms with van der Waals surface area (Å²) in [5.74, 6) is 0. The van der Waals surface area contributed by atoms with E-state index in [4.69, 9.17) is 17.3 Å². The quantitative estimate of drug-likeness (QED) is 0.787. The summed E-state index contributed by atoms with van der Waals surface area (Å²) in [5.41, 5.74) is 8.18. The lowest BCUT2D eigenvalue weighted by Gasteiger charge is -2.13. The van der Waals surface area contributed by atoms with Crippen LogP contribution in [-0.4, -0.2) is 12.1 Å². The summed E-state index contributed by atoms with van der Waals surface area (Å²) in [6.07, 6.45) is 2.03. The van der Waals surface area contributed by atoms with E-state index in [2.05, 4.69) is 11.4 Å². The number of nitrogens with one attached hydrogen (secondary N) is 1. The average Bonchev–Trinajstić information content (AvgIpc) is 2.47. The van der Waals surface area contributed by atoms with Crippen molar-refractivity contribution in [1.82, 2.24) is 0 Å². The number of rotatable bonds is 2. The molecule has 3 heteroatoms. The molecule has 0 bridgehead atoms. The van der Waals surface area contributed by atoms with Gasteiger partial charge in [-0.05, 0) is 31.4 Å². The third-order valence-electron chi connectivity index (χ3n) is 2.57. The summed E-state index contributed by atoms with van der Waals surface area (Å²) in [6, 6.07) is 6.72. The Morgan fingerprint density at radius 2 is 2.43 bits per heavy atom. The van der Waals surface area contributed by atoms with Gasteiger partial charge in [-0.25, -0.2) is 0 Å². The van der Waals surface area contributed by atoms with Crippen LogP contribution in [0.3, 0.4) is 0 Å². The van der Waals surface area contributed by atoms with Crippen LogP contribution in [0, 0.1) is 0 Å². The van der Waals surface area contributed by atoms with Gasteiger partial charge in [0.2, 0.25) is 0 Å². The number of hydrogen-bond acceptors (Lipinski definition) is 2. The lowest BCUT2D eigenvalue weighted by atomic mass is 10.0. The van der Waals surface area contributed by atoms with Gasteiger partial charge in [0.15, 0.2) is 0 Å². The second-order valence-electron chi connectivity index (χ2n) is 4.03. The van der Waals surface area contributed by atoms with Gasteiger partial charge in [0.1, 0.15) is 0 Å². The number of fused-ring (bicyclic) bond motifs is 1. The van der Waals surface area contributed by atoms with Crippen LogP contribution in [0.1, 0.15) is 18.9 Å². The highest BCUT2D eigenvalue weighted by atomic mass is 35.5. The van der Waals surface area contributed by atoms with Crippen molar-refractivity contribution >= 4 is 17.3 Å². The van der Waals surface area contributed by atoms with Gasteiger partial charge in [0.05, 0.1) is 10.7 Å². The Bertz CT molecular complexity index is 336. The number of anilines is 1. The molecule has 0 radical (unpaired) electrons. The van der Waals surface area contributed by atoms with Crippen molar-refractivity contribution in [2.24, 2.45) is 5.73 Å². The monoisotopic (exact) mass is 210 g/mol. The van der Waals surface area contributed by atoms with Crippen LogP contribution in [0.5, 0.6) is 0 Å². The van der Waals surface area contributed by atoms with Gasteiger partial charge in [-0.3, -0.25) is 0 Å². The summed E-state index contributed by atoms with van der Waals surface area (Å²) >= 11 is 6.08. The molecule has 3 N–H and O–H groups in total. The molecular weight excluding hydrogens is 196 g/mol. The van der Waals surface area contributed by atoms with Crippen molar-refractivity contribution in [1.29, 1.82) is 0 Å². The van der Waals surface area contributed by atoms with E-state index in [1.807, 2.05) is 19.1 Å². The number of hydrogen-bond donors (Lipinski definition) is 2. The highest BCUT2D eigenvalue weighted by Crippen LogP contribution is 2.33. The van der Waals surface area contributed by atoms with Gasteiger partial charge in [-0.2, -0.15) is 0 Å². The first kappa shape index (κ1) is 9.81. The third-order valence-corrected chi connectivity index (χ3v) is 2.89. The number of nitrogens with two attached hydrogens (primary N) is 1. The van der Waals surface area contributed by atoms with E-state index in [0.29, 0.717) is 6.04 Å². The molecule has 76 valence electrons. The molecule has 2 nitrogen and oxygen atoms in total. The first-order chi connectivity index (χ1) is 6.66. The molecule has 2 atom stereocenters. The molecule has 1 aliphatic heterocycles. The molecule has 1 aromatic carbocycles. The molecule has 1 aliphatic rings. The molecule has 14 heavy (non-hydrogen) atoms. The van der Waals surface area contributed by atoms with E-state index in [0.717, 1.165) is 23.6 Å². The van der Waals surface area contributed by atoms with E-state index < -0.39 is 0 Å². The molecule has 2 unspecified atom stereocenters. The first-order valence-electron chi connectivity index (χ1n) is 4.96. The van der Waals surface area contributed by atoms with E-state index in [1.54, 1.807) is 0 Å². The number of para-hydroxylation sites is 1. The molecule has 0 saturated heterocycles. The third kappa shape index (κ3) is 1.86. The fourth-order valence-electron chi connectivity index (χ4n) is 2.01. The lowest BCUT2D eigenvalue weighted by Crippen LogP contribution is -2.26. The van der Waals surface area contributed by atoms with Crippen LogP contribution in [-0.2, 0) is 6.42 Å². The van der Waals surface area contributed by atoms with Crippen molar-refractivity contribution in [3.05, 3.63) is 28.8 Å². The lowest BCUT2D eigenvalue weighted by molar-refractivity contribution is 0.587. The largest absolute Gasteiger partial charge is 0.380 e. The molecule has 1 aromatic rings. The minimum absolute atomic E-state index is 0.237. The zero-order valence-corrected chi connectivity index (χ0v) is 9.01. The molecule has 0 amide bonds. The van der Waals surface area contributed by atoms with Gasteiger partial charge in [0.25, 0.3) is 0 Å². The van der Waals surface area contributed by atoms with Gasteiger partial charge in [0, 0.05) is 12.1 Å². The predicted molar refractivity (Wildman–Crippen MR) is 60.8 cm³/mol. The Labute approximate surface area is 89.4 Å². The smallest absolute Gasteiger partial charge is 0.0640 e. The van der Waals surface area contributed by atoms with Crippen LogP contribution in [0.2, 0.25) is 5.02 Å². The maximum atomic E-state index is 6.08. The van der Waals surface area contributed by atoms with Crippen LogP contribution in [0.4, 0.5) is 5.69 Å². The highest BCUT2D eigenvalue weighted by molar-refractivity contribution is 6.33. The standard InChI is InChI=1S/C11H15ClN2/c1-7(13)5-9-6-8-3-2-4-10(12)11(8)14-9/h2-4,7,9,14H,5-6,13H2,1H3. The normalized spacial score (nSPS) is 21.5. The number of benzene rings is 1.